The molecule has 0 saturated heterocycles. The highest BCUT2D eigenvalue weighted by molar-refractivity contribution is 7.90. The predicted molar refractivity (Wildman–Crippen MR) is 79.9 cm³/mol. The Kier molecular flexibility index (Phi) is 4.43. The van der Waals surface area contributed by atoms with Crippen molar-refractivity contribution in [1.82, 2.24) is 0 Å². The zero-order chi connectivity index (χ0) is 15.5. The van der Waals surface area contributed by atoms with Crippen LogP contribution in [-0.2, 0) is 26.8 Å². The van der Waals surface area contributed by atoms with Gasteiger partial charge in [0.1, 0.15) is 0 Å². The first-order valence-corrected chi connectivity index (χ1v) is 8.12. The third-order valence-electron chi connectivity index (χ3n) is 3.23. The van der Waals surface area contributed by atoms with Crippen molar-refractivity contribution in [1.29, 1.82) is 0 Å². The minimum atomic E-state index is -3.50. The predicted octanol–water partition coefficient (Wildman–Crippen LogP) is 2.60. The van der Waals surface area contributed by atoms with Crippen molar-refractivity contribution in [3.8, 4) is 0 Å². The average molecular weight is 304 g/mol. The van der Waals surface area contributed by atoms with E-state index in [4.69, 9.17) is 5.11 Å². The van der Waals surface area contributed by atoms with Crippen molar-refractivity contribution in [2.75, 3.05) is 0 Å². The van der Waals surface area contributed by atoms with Gasteiger partial charge >= 0.3 is 5.97 Å². The van der Waals surface area contributed by atoms with Gasteiger partial charge in [0.05, 0.1) is 17.1 Å². The number of carboxylic acids is 1. The first-order chi connectivity index (χ1) is 9.90. The van der Waals surface area contributed by atoms with E-state index in [-0.39, 0.29) is 17.1 Å². The van der Waals surface area contributed by atoms with E-state index < -0.39 is 15.8 Å². The van der Waals surface area contributed by atoms with Gasteiger partial charge in [-0.2, -0.15) is 0 Å². The van der Waals surface area contributed by atoms with E-state index in [0.717, 1.165) is 0 Å². The second kappa shape index (κ2) is 6.10. The smallest absolute Gasteiger partial charge is 0.307 e. The maximum atomic E-state index is 12.5. The number of benzene rings is 2. The Bertz CT molecular complexity index is 763. The van der Waals surface area contributed by atoms with E-state index in [1.54, 1.807) is 55.5 Å². The van der Waals surface area contributed by atoms with Crippen LogP contribution in [0.5, 0.6) is 0 Å². The Labute approximate surface area is 124 Å². The number of carbonyl (C=O) groups is 1. The standard InChI is InChI=1S/C16H16O4S/c1-12-6-2-5-9-15(12)21(19,20)11-14-8-4-3-7-13(14)10-16(17)18/h2-9H,10-11H2,1H3,(H,17,18). The third-order valence-corrected chi connectivity index (χ3v) is 5.05. The number of sulfone groups is 1. The Morgan fingerprint density at radius 3 is 2.19 bits per heavy atom. The van der Waals surface area contributed by atoms with Crippen LogP contribution in [0.25, 0.3) is 0 Å². The summed E-state index contributed by atoms with van der Waals surface area (Å²) in [7, 11) is -3.50. The molecule has 110 valence electrons. The number of hydrogen-bond donors (Lipinski definition) is 1. The van der Waals surface area contributed by atoms with Crippen LogP contribution < -0.4 is 0 Å². The van der Waals surface area contributed by atoms with Gasteiger partial charge in [-0.1, -0.05) is 42.5 Å². The summed E-state index contributed by atoms with van der Waals surface area (Å²) in [5.74, 6) is -1.17. The average Bonchev–Trinajstić information content (AvgIpc) is 2.40. The Morgan fingerprint density at radius 1 is 1.00 bits per heavy atom. The van der Waals surface area contributed by atoms with Crippen LogP contribution in [0.2, 0.25) is 0 Å². The Hall–Kier alpha value is -2.14. The molecule has 0 fully saturated rings. The molecule has 0 saturated carbocycles. The van der Waals surface area contributed by atoms with Crippen LogP contribution >= 0.6 is 0 Å². The van der Waals surface area contributed by atoms with Crippen LogP contribution in [0.15, 0.2) is 53.4 Å². The second-order valence-electron chi connectivity index (χ2n) is 4.86. The fraction of sp³-hybridized carbons (Fsp3) is 0.188. The van der Waals surface area contributed by atoms with Crippen LogP contribution in [-0.4, -0.2) is 19.5 Å². The summed E-state index contributed by atoms with van der Waals surface area (Å²) >= 11 is 0. The van der Waals surface area contributed by atoms with Gasteiger partial charge in [0.25, 0.3) is 0 Å². The Morgan fingerprint density at radius 2 is 1.57 bits per heavy atom. The zero-order valence-electron chi connectivity index (χ0n) is 11.6. The lowest BCUT2D eigenvalue weighted by Crippen LogP contribution is -2.10. The summed E-state index contributed by atoms with van der Waals surface area (Å²) < 4.78 is 25.0. The lowest BCUT2D eigenvalue weighted by atomic mass is 10.1. The highest BCUT2D eigenvalue weighted by atomic mass is 32.2. The van der Waals surface area contributed by atoms with Crippen LogP contribution in [0.1, 0.15) is 16.7 Å². The summed E-state index contributed by atoms with van der Waals surface area (Å²) in [4.78, 5) is 11.1. The first kappa shape index (κ1) is 15.3. The molecule has 0 unspecified atom stereocenters. The topological polar surface area (TPSA) is 71.4 Å². The largest absolute Gasteiger partial charge is 0.481 e. The molecule has 5 heteroatoms. The molecule has 2 aromatic rings. The summed E-state index contributed by atoms with van der Waals surface area (Å²) in [5.41, 5.74) is 1.75. The van der Waals surface area contributed by atoms with Gasteiger partial charge < -0.3 is 5.11 Å². The second-order valence-corrected chi connectivity index (χ2v) is 6.82. The molecular weight excluding hydrogens is 288 g/mol. The van der Waals surface area contributed by atoms with Gasteiger partial charge in [-0.25, -0.2) is 8.42 Å². The third kappa shape index (κ3) is 3.70. The van der Waals surface area contributed by atoms with E-state index >= 15 is 0 Å². The minimum Gasteiger partial charge on any atom is -0.481 e. The molecule has 0 radical (unpaired) electrons. The quantitative estimate of drug-likeness (QED) is 0.921. The fourth-order valence-corrected chi connectivity index (χ4v) is 3.91. The molecule has 0 amide bonds. The van der Waals surface area contributed by atoms with Gasteiger partial charge in [-0.05, 0) is 29.7 Å². The minimum absolute atomic E-state index is 0.181. The lowest BCUT2D eigenvalue weighted by Gasteiger charge is -2.10. The lowest BCUT2D eigenvalue weighted by molar-refractivity contribution is -0.136. The summed E-state index contributed by atoms with van der Waals surface area (Å²) in [5, 5.41) is 8.90. The van der Waals surface area contributed by atoms with Gasteiger partial charge in [0, 0.05) is 0 Å². The van der Waals surface area contributed by atoms with Gasteiger partial charge in [-0.3, -0.25) is 4.79 Å². The molecule has 0 aromatic heterocycles. The van der Waals surface area contributed by atoms with Gasteiger partial charge in [-0.15, -0.1) is 0 Å². The molecule has 0 atom stereocenters. The van der Waals surface area contributed by atoms with Crippen LogP contribution in [0.4, 0.5) is 0 Å². The van der Waals surface area contributed by atoms with Crippen LogP contribution in [0.3, 0.4) is 0 Å². The summed E-state index contributed by atoms with van der Waals surface area (Å²) in [6, 6.07) is 13.5. The number of hydrogen-bond acceptors (Lipinski definition) is 3. The molecule has 1 N–H and O–H groups in total. The summed E-state index contributed by atoms with van der Waals surface area (Å²) in [6.45, 7) is 1.75. The molecule has 2 rings (SSSR count). The van der Waals surface area contributed by atoms with Crippen molar-refractivity contribution in [3.63, 3.8) is 0 Å². The number of rotatable bonds is 5. The zero-order valence-corrected chi connectivity index (χ0v) is 12.4. The monoisotopic (exact) mass is 304 g/mol. The SMILES string of the molecule is Cc1ccccc1S(=O)(=O)Cc1ccccc1CC(=O)O. The van der Waals surface area contributed by atoms with Gasteiger partial charge in [0.2, 0.25) is 0 Å². The van der Waals surface area contributed by atoms with E-state index in [1.165, 1.54) is 0 Å². The van der Waals surface area contributed by atoms with E-state index in [0.29, 0.717) is 16.7 Å². The Balaban J connectivity index is 2.38. The van der Waals surface area contributed by atoms with Crippen molar-refractivity contribution >= 4 is 15.8 Å². The maximum absolute atomic E-state index is 12.5. The van der Waals surface area contributed by atoms with Crippen molar-refractivity contribution < 1.29 is 18.3 Å². The molecule has 0 aliphatic carbocycles. The number of aryl methyl sites for hydroxylation is 1. The van der Waals surface area contributed by atoms with E-state index in [1.807, 2.05) is 0 Å². The van der Waals surface area contributed by atoms with Crippen molar-refractivity contribution in [2.24, 2.45) is 0 Å². The molecule has 2 aromatic carbocycles. The van der Waals surface area contributed by atoms with Crippen molar-refractivity contribution in [2.45, 2.75) is 24.0 Å². The molecule has 0 aliphatic rings. The molecule has 0 spiro atoms. The van der Waals surface area contributed by atoms with Gasteiger partial charge in [0.15, 0.2) is 9.84 Å². The molecule has 0 bridgehead atoms. The molecule has 21 heavy (non-hydrogen) atoms. The van der Waals surface area contributed by atoms with Crippen molar-refractivity contribution in [3.05, 3.63) is 65.2 Å². The normalized spacial score (nSPS) is 11.3. The number of carboxylic acid groups (broad SMARTS) is 1. The molecular formula is C16H16O4S. The maximum Gasteiger partial charge on any atom is 0.307 e. The molecule has 0 heterocycles. The van der Waals surface area contributed by atoms with E-state index in [9.17, 15) is 13.2 Å². The van der Waals surface area contributed by atoms with E-state index in [2.05, 4.69) is 0 Å². The fourth-order valence-electron chi connectivity index (χ4n) is 2.22. The highest BCUT2D eigenvalue weighted by Gasteiger charge is 2.19. The highest BCUT2D eigenvalue weighted by Crippen LogP contribution is 2.22. The first-order valence-electron chi connectivity index (χ1n) is 6.47. The molecule has 4 nitrogen and oxygen atoms in total. The molecule has 0 aliphatic heterocycles. The van der Waals surface area contributed by atoms with Crippen LogP contribution in [0, 0.1) is 6.92 Å². The summed E-state index contributed by atoms with van der Waals surface area (Å²) in [6.07, 6.45) is -0.181. The number of aliphatic carboxylic acids is 1.